The maximum Gasteiger partial charge on any atom is 0.418 e. The summed E-state index contributed by atoms with van der Waals surface area (Å²) in [5, 5.41) is 21.9. The number of ether oxygens (including phenoxy) is 1. The zero-order chi connectivity index (χ0) is 20.5. The fraction of sp³-hybridized carbons (Fsp3) is 0.308. The van der Waals surface area contributed by atoms with Crippen LogP contribution in [0, 0.1) is 20.2 Å². The van der Waals surface area contributed by atoms with E-state index in [4.69, 9.17) is 22.1 Å². The van der Waals surface area contributed by atoms with Crippen LogP contribution in [0.3, 0.4) is 0 Å². The summed E-state index contributed by atoms with van der Waals surface area (Å²) in [6.45, 7) is 1.47. The van der Waals surface area contributed by atoms with Gasteiger partial charge in [0.2, 0.25) is 6.35 Å². The summed E-state index contributed by atoms with van der Waals surface area (Å²) in [7, 11) is 0. The van der Waals surface area contributed by atoms with Crippen molar-refractivity contribution in [1.82, 2.24) is 0 Å². The van der Waals surface area contributed by atoms with Crippen LogP contribution in [-0.4, -0.2) is 28.6 Å². The van der Waals surface area contributed by atoms with Crippen molar-refractivity contribution in [3.8, 4) is 0 Å². The molecule has 1 unspecified atom stereocenters. The van der Waals surface area contributed by atoms with Gasteiger partial charge in [-0.05, 0) is 6.92 Å². The van der Waals surface area contributed by atoms with Crippen molar-refractivity contribution in [2.75, 3.05) is 11.5 Å². The van der Waals surface area contributed by atoms with Crippen molar-refractivity contribution in [3.63, 3.8) is 0 Å². The van der Waals surface area contributed by atoms with Crippen LogP contribution in [0.1, 0.15) is 12.5 Å². The molecule has 0 saturated carbocycles. The first kappa shape index (κ1) is 20.4. The van der Waals surface area contributed by atoms with Gasteiger partial charge in [-0.15, -0.1) is 0 Å². The van der Waals surface area contributed by atoms with E-state index < -0.39 is 50.2 Å². The van der Waals surface area contributed by atoms with E-state index in [-0.39, 0.29) is 18.5 Å². The van der Waals surface area contributed by atoms with E-state index in [9.17, 15) is 33.4 Å². The molecule has 1 aliphatic rings. The number of halogens is 4. The fourth-order valence-electron chi connectivity index (χ4n) is 2.32. The van der Waals surface area contributed by atoms with Gasteiger partial charge in [-0.3, -0.25) is 25.1 Å². The van der Waals surface area contributed by atoms with Crippen LogP contribution in [0.2, 0.25) is 0 Å². The Hall–Kier alpha value is -2.93. The summed E-state index contributed by atoms with van der Waals surface area (Å²) in [5.41, 5.74) is 0.521. The lowest BCUT2D eigenvalue weighted by Gasteiger charge is -2.33. The normalized spacial score (nSPS) is 17.4. The van der Waals surface area contributed by atoms with Crippen molar-refractivity contribution in [2.45, 2.75) is 19.5 Å². The Labute approximate surface area is 154 Å². The molecule has 0 bridgehead atoms. The predicted octanol–water partition coefficient (Wildman–Crippen LogP) is 3.10. The van der Waals surface area contributed by atoms with Crippen LogP contribution < -0.4 is 10.6 Å². The van der Waals surface area contributed by atoms with Gasteiger partial charge in [-0.1, -0.05) is 11.6 Å². The number of nitrogens with zero attached hydrogens (tertiary/aromatic N) is 4. The smallest absolute Gasteiger partial charge is 0.384 e. The van der Waals surface area contributed by atoms with Crippen molar-refractivity contribution in [3.05, 3.63) is 49.2 Å². The highest BCUT2D eigenvalue weighted by atomic mass is 35.5. The Morgan fingerprint density at radius 1 is 1.33 bits per heavy atom. The molecule has 1 heterocycles. The molecular weight excluding hydrogens is 399 g/mol. The Morgan fingerprint density at radius 3 is 2.44 bits per heavy atom. The number of rotatable bonds is 5. The molecule has 0 amide bonds. The standard InChI is InChI=1S/C13H11ClF3N5O5/c1-2-27-12-19-10(18)5-9(14)20(12)11-7(13(15,16)17)3-6(21(23)24)4-8(11)22(25)26/h3-5,12H,2H2,1H3,(H2,18,19). The van der Waals surface area contributed by atoms with Gasteiger partial charge in [-0.2, -0.15) is 13.2 Å². The topological polar surface area (TPSA) is 137 Å². The number of aliphatic imine (C=N–C) groups is 1. The third kappa shape index (κ3) is 4.09. The number of amidine groups is 1. The molecule has 0 aromatic heterocycles. The van der Waals surface area contributed by atoms with E-state index in [2.05, 4.69) is 4.99 Å². The number of nitro groups is 2. The molecule has 1 aromatic rings. The molecule has 0 spiro atoms. The lowest BCUT2D eigenvalue weighted by molar-refractivity contribution is -0.394. The Balaban J connectivity index is 2.86. The molecule has 14 heteroatoms. The van der Waals surface area contributed by atoms with Crippen LogP contribution in [0.4, 0.5) is 30.2 Å². The van der Waals surface area contributed by atoms with Crippen LogP contribution in [0.5, 0.6) is 0 Å². The van der Waals surface area contributed by atoms with Crippen LogP contribution in [0.25, 0.3) is 0 Å². The molecule has 0 aliphatic carbocycles. The highest BCUT2D eigenvalue weighted by Gasteiger charge is 2.44. The second-order valence-corrected chi connectivity index (χ2v) is 5.43. The molecule has 10 nitrogen and oxygen atoms in total. The summed E-state index contributed by atoms with van der Waals surface area (Å²) in [4.78, 5) is 24.3. The van der Waals surface area contributed by atoms with Gasteiger partial charge in [0.25, 0.3) is 5.69 Å². The van der Waals surface area contributed by atoms with Gasteiger partial charge in [0.1, 0.15) is 16.7 Å². The van der Waals surface area contributed by atoms with Crippen molar-refractivity contribution >= 4 is 34.5 Å². The molecule has 0 radical (unpaired) electrons. The quantitative estimate of drug-likeness (QED) is 0.448. The zero-order valence-electron chi connectivity index (χ0n) is 13.4. The van der Waals surface area contributed by atoms with Gasteiger partial charge in [0.05, 0.1) is 21.5 Å². The third-order valence-corrected chi connectivity index (χ3v) is 3.61. The van der Waals surface area contributed by atoms with E-state index in [1.54, 1.807) is 0 Å². The van der Waals surface area contributed by atoms with Crippen LogP contribution in [0.15, 0.2) is 28.4 Å². The van der Waals surface area contributed by atoms with E-state index in [1.807, 2.05) is 0 Å². The van der Waals surface area contributed by atoms with Crippen LogP contribution in [-0.2, 0) is 10.9 Å². The number of benzene rings is 1. The molecule has 1 atom stereocenters. The van der Waals surface area contributed by atoms with E-state index in [0.29, 0.717) is 11.0 Å². The minimum absolute atomic E-state index is 0.0375. The molecule has 0 fully saturated rings. The largest absolute Gasteiger partial charge is 0.418 e. The molecule has 2 N–H and O–H groups in total. The van der Waals surface area contributed by atoms with Crippen LogP contribution >= 0.6 is 11.6 Å². The Kier molecular flexibility index (Phi) is 5.56. The van der Waals surface area contributed by atoms with Gasteiger partial charge >= 0.3 is 11.9 Å². The number of anilines is 1. The lowest BCUT2D eigenvalue weighted by Crippen LogP contribution is -2.40. The highest BCUT2D eigenvalue weighted by Crippen LogP contribution is 2.47. The number of hydrogen-bond donors (Lipinski definition) is 1. The molecule has 1 aromatic carbocycles. The second kappa shape index (κ2) is 7.36. The fourth-order valence-corrected chi connectivity index (χ4v) is 2.60. The number of hydrogen-bond acceptors (Lipinski definition) is 8. The lowest BCUT2D eigenvalue weighted by atomic mass is 10.1. The monoisotopic (exact) mass is 409 g/mol. The van der Waals surface area contributed by atoms with Crippen molar-refractivity contribution in [1.29, 1.82) is 0 Å². The molecule has 0 saturated heterocycles. The first-order chi connectivity index (χ1) is 12.5. The maximum atomic E-state index is 13.6. The average Bonchev–Trinajstić information content (AvgIpc) is 2.52. The molecule has 27 heavy (non-hydrogen) atoms. The first-order valence-electron chi connectivity index (χ1n) is 7.12. The van der Waals surface area contributed by atoms with Gasteiger partial charge in [0, 0.05) is 18.7 Å². The molecule has 146 valence electrons. The van der Waals surface area contributed by atoms with Crippen molar-refractivity contribution < 1.29 is 27.8 Å². The third-order valence-electron chi connectivity index (χ3n) is 3.32. The second-order valence-electron chi connectivity index (χ2n) is 5.05. The van der Waals surface area contributed by atoms with Gasteiger partial charge in [-0.25, -0.2) is 4.99 Å². The zero-order valence-corrected chi connectivity index (χ0v) is 14.2. The number of non-ortho nitro benzene ring substituents is 1. The van der Waals surface area contributed by atoms with Gasteiger partial charge < -0.3 is 10.5 Å². The van der Waals surface area contributed by atoms with Gasteiger partial charge in [0.15, 0.2) is 0 Å². The van der Waals surface area contributed by atoms with Crippen molar-refractivity contribution in [2.24, 2.45) is 10.7 Å². The summed E-state index contributed by atoms with van der Waals surface area (Å²) in [5.74, 6) is -0.173. The summed E-state index contributed by atoms with van der Waals surface area (Å²) in [6.07, 6.45) is -5.73. The molecular formula is C13H11ClF3N5O5. The SMILES string of the molecule is CCOC1N=C(N)C=C(Cl)N1c1c([N+](=O)[O-])cc([N+](=O)[O-])cc1C(F)(F)F. The minimum atomic E-state index is -5.17. The number of nitro benzene ring substituents is 2. The Morgan fingerprint density at radius 2 is 1.96 bits per heavy atom. The van der Waals surface area contributed by atoms with E-state index in [0.717, 1.165) is 6.08 Å². The minimum Gasteiger partial charge on any atom is -0.384 e. The Bertz CT molecular complexity index is 857. The average molecular weight is 410 g/mol. The number of alkyl halides is 3. The number of nitrogens with two attached hydrogens (primary N) is 1. The summed E-state index contributed by atoms with van der Waals surface area (Å²) in [6, 6.07) is 0.580. The molecule has 1 aliphatic heterocycles. The maximum absolute atomic E-state index is 13.6. The summed E-state index contributed by atoms with van der Waals surface area (Å²) >= 11 is 5.97. The highest BCUT2D eigenvalue weighted by molar-refractivity contribution is 6.33. The summed E-state index contributed by atoms with van der Waals surface area (Å²) < 4.78 is 45.9. The molecule has 2 rings (SSSR count). The van der Waals surface area contributed by atoms with E-state index in [1.165, 1.54) is 6.92 Å². The first-order valence-corrected chi connectivity index (χ1v) is 7.50. The predicted molar refractivity (Wildman–Crippen MR) is 88.2 cm³/mol. The van der Waals surface area contributed by atoms with E-state index >= 15 is 0 Å².